The number of isocyanates is 1. The Labute approximate surface area is 78.9 Å². The molecule has 0 atom stereocenters. The zero-order valence-corrected chi connectivity index (χ0v) is 8.12. The van der Waals surface area contributed by atoms with Gasteiger partial charge in [-0.3, -0.25) is 0 Å². The Morgan fingerprint density at radius 2 is 1.85 bits per heavy atom. The van der Waals surface area contributed by atoms with Gasteiger partial charge in [-0.25, -0.2) is 9.79 Å². The average molecular weight is 187 g/mol. The van der Waals surface area contributed by atoms with Crippen molar-refractivity contribution >= 4 is 6.08 Å². The molecule has 0 rings (SSSR count). The van der Waals surface area contributed by atoms with Crippen LogP contribution in [0.25, 0.3) is 0 Å². The van der Waals surface area contributed by atoms with E-state index in [1.54, 1.807) is 0 Å². The van der Waals surface area contributed by atoms with Crippen LogP contribution in [-0.4, -0.2) is 39.1 Å². The third-order valence-electron chi connectivity index (χ3n) is 1.43. The number of hydrogen-bond acceptors (Lipinski definition) is 4. The Kier molecular flexibility index (Phi) is 10.7. The molecule has 4 heteroatoms. The SMILES string of the molecule is CCCCOCCOCCN=C=O. The van der Waals surface area contributed by atoms with E-state index in [4.69, 9.17) is 9.47 Å². The average Bonchev–Trinajstić information content (AvgIpc) is 2.16. The summed E-state index contributed by atoms with van der Waals surface area (Å²) in [5, 5.41) is 0. The van der Waals surface area contributed by atoms with E-state index in [2.05, 4.69) is 11.9 Å². The van der Waals surface area contributed by atoms with Crippen molar-refractivity contribution in [2.75, 3.05) is 33.0 Å². The lowest BCUT2D eigenvalue weighted by Gasteiger charge is -2.03. The monoisotopic (exact) mass is 187 g/mol. The van der Waals surface area contributed by atoms with Crippen LogP contribution in [-0.2, 0) is 14.3 Å². The molecular formula is C9H17NO3. The lowest BCUT2D eigenvalue weighted by molar-refractivity contribution is 0.0498. The molecule has 0 radical (unpaired) electrons. The third-order valence-corrected chi connectivity index (χ3v) is 1.43. The van der Waals surface area contributed by atoms with Gasteiger partial charge in [-0.2, -0.15) is 0 Å². The third kappa shape index (κ3) is 11.3. The van der Waals surface area contributed by atoms with E-state index in [1.165, 1.54) is 6.08 Å². The molecule has 0 aliphatic heterocycles. The Morgan fingerprint density at radius 3 is 2.46 bits per heavy atom. The molecule has 4 nitrogen and oxygen atoms in total. The largest absolute Gasteiger partial charge is 0.379 e. The summed E-state index contributed by atoms with van der Waals surface area (Å²) in [5.74, 6) is 0. The molecule has 0 saturated carbocycles. The predicted molar refractivity (Wildman–Crippen MR) is 49.5 cm³/mol. The van der Waals surface area contributed by atoms with E-state index in [-0.39, 0.29) is 0 Å². The normalized spacial score (nSPS) is 9.62. The molecule has 0 aromatic carbocycles. The van der Waals surface area contributed by atoms with Gasteiger partial charge < -0.3 is 9.47 Å². The number of carbonyl (C=O) groups excluding carboxylic acids is 1. The molecule has 0 fully saturated rings. The molecule has 0 bridgehead atoms. The van der Waals surface area contributed by atoms with Crippen molar-refractivity contribution in [3.05, 3.63) is 0 Å². The minimum Gasteiger partial charge on any atom is -0.379 e. The van der Waals surface area contributed by atoms with Crippen molar-refractivity contribution in [2.45, 2.75) is 19.8 Å². The van der Waals surface area contributed by atoms with Gasteiger partial charge in [0.25, 0.3) is 0 Å². The minimum absolute atomic E-state index is 0.387. The summed E-state index contributed by atoms with van der Waals surface area (Å²) in [6.45, 7) is 4.96. The zero-order chi connectivity index (χ0) is 9.78. The van der Waals surface area contributed by atoms with E-state index in [0.29, 0.717) is 26.4 Å². The highest BCUT2D eigenvalue weighted by Gasteiger charge is 1.88. The standard InChI is InChI=1S/C9H17NO3/c1-2-3-5-12-7-8-13-6-4-10-9-11/h2-8H2,1H3. The smallest absolute Gasteiger partial charge is 0.235 e. The Bertz CT molecular complexity index is 144. The molecule has 13 heavy (non-hydrogen) atoms. The second kappa shape index (κ2) is 11.3. The molecule has 0 N–H and O–H groups in total. The summed E-state index contributed by atoms with van der Waals surface area (Å²) in [5.41, 5.74) is 0. The molecule has 0 spiro atoms. The Balaban J connectivity index is 2.87. The topological polar surface area (TPSA) is 47.9 Å². The van der Waals surface area contributed by atoms with Gasteiger partial charge in [0.2, 0.25) is 6.08 Å². The van der Waals surface area contributed by atoms with Crippen molar-refractivity contribution < 1.29 is 14.3 Å². The highest BCUT2D eigenvalue weighted by atomic mass is 16.5. The van der Waals surface area contributed by atoms with Gasteiger partial charge in [-0.15, -0.1) is 0 Å². The van der Waals surface area contributed by atoms with Gasteiger partial charge in [0, 0.05) is 6.61 Å². The number of ether oxygens (including phenoxy) is 2. The van der Waals surface area contributed by atoms with Crippen LogP contribution in [0.2, 0.25) is 0 Å². The maximum Gasteiger partial charge on any atom is 0.235 e. The van der Waals surface area contributed by atoms with Crippen molar-refractivity contribution in [1.29, 1.82) is 0 Å². The van der Waals surface area contributed by atoms with E-state index in [1.807, 2.05) is 0 Å². The number of aliphatic imine (C=N–C) groups is 1. The summed E-state index contributed by atoms with van der Waals surface area (Å²) in [6.07, 6.45) is 3.69. The molecular weight excluding hydrogens is 170 g/mol. The lowest BCUT2D eigenvalue weighted by Crippen LogP contribution is -2.07. The molecule has 0 amide bonds. The second-order valence-electron chi connectivity index (χ2n) is 2.55. The molecule has 0 aliphatic carbocycles. The highest BCUT2D eigenvalue weighted by molar-refractivity contribution is 5.32. The van der Waals surface area contributed by atoms with Crippen molar-refractivity contribution in [1.82, 2.24) is 0 Å². The fourth-order valence-electron chi connectivity index (χ4n) is 0.724. The number of hydrogen-bond donors (Lipinski definition) is 0. The first-order valence-corrected chi connectivity index (χ1v) is 4.61. The maximum atomic E-state index is 9.64. The first-order chi connectivity index (χ1) is 6.41. The fourth-order valence-corrected chi connectivity index (χ4v) is 0.724. The first kappa shape index (κ1) is 12.3. The predicted octanol–water partition coefficient (Wildman–Crippen LogP) is 1.16. The minimum atomic E-state index is 0.387. The van der Waals surface area contributed by atoms with E-state index >= 15 is 0 Å². The molecule has 0 aromatic rings. The quantitative estimate of drug-likeness (QED) is 0.309. The van der Waals surface area contributed by atoms with Crippen LogP contribution in [0.4, 0.5) is 0 Å². The van der Waals surface area contributed by atoms with Crippen LogP contribution in [0.1, 0.15) is 19.8 Å². The summed E-state index contributed by atoms with van der Waals surface area (Å²) < 4.78 is 10.4. The van der Waals surface area contributed by atoms with Gasteiger partial charge in [0.1, 0.15) is 0 Å². The van der Waals surface area contributed by atoms with Crippen LogP contribution in [0.3, 0.4) is 0 Å². The van der Waals surface area contributed by atoms with Crippen LogP contribution in [0.5, 0.6) is 0 Å². The Hall–Kier alpha value is -0.700. The van der Waals surface area contributed by atoms with E-state index in [0.717, 1.165) is 19.4 Å². The van der Waals surface area contributed by atoms with Crippen LogP contribution < -0.4 is 0 Å². The van der Waals surface area contributed by atoms with E-state index in [9.17, 15) is 4.79 Å². The van der Waals surface area contributed by atoms with Crippen molar-refractivity contribution in [3.8, 4) is 0 Å². The van der Waals surface area contributed by atoms with Gasteiger partial charge in [-0.05, 0) is 6.42 Å². The summed E-state index contributed by atoms with van der Waals surface area (Å²) in [7, 11) is 0. The van der Waals surface area contributed by atoms with Crippen molar-refractivity contribution in [2.24, 2.45) is 4.99 Å². The van der Waals surface area contributed by atoms with Crippen LogP contribution in [0, 0.1) is 0 Å². The van der Waals surface area contributed by atoms with Crippen LogP contribution >= 0.6 is 0 Å². The number of unbranched alkanes of at least 4 members (excludes halogenated alkanes) is 1. The summed E-state index contributed by atoms with van der Waals surface area (Å²) in [4.78, 5) is 13.0. The number of nitrogens with zero attached hydrogens (tertiary/aromatic N) is 1. The summed E-state index contributed by atoms with van der Waals surface area (Å²) >= 11 is 0. The van der Waals surface area contributed by atoms with Gasteiger partial charge >= 0.3 is 0 Å². The van der Waals surface area contributed by atoms with E-state index < -0.39 is 0 Å². The second-order valence-corrected chi connectivity index (χ2v) is 2.55. The maximum absolute atomic E-state index is 9.64. The molecule has 0 aromatic heterocycles. The van der Waals surface area contributed by atoms with Gasteiger partial charge in [0.05, 0.1) is 26.4 Å². The zero-order valence-electron chi connectivity index (χ0n) is 8.12. The molecule has 0 saturated heterocycles. The van der Waals surface area contributed by atoms with Gasteiger partial charge in [0.15, 0.2) is 0 Å². The van der Waals surface area contributed by atoms with Crippen LogP contribution in [0.15, 0.2) is 4.99 Å². The first-order valence-electron chi connectivity index (χ1n) is 4.61. The molecule has 76 valence electrons. The molecule has 0 unspecified atom stereocenters. The highest BCUT2D eigenvalue weighted by Crippen LogP contribution is 1.87. The summed E-state index contributed by atoms with van der Waals surface area (Å²) in [6, 6.07) is 0. The molecule has 0 heterocycles. The fraction of sp³-hybridized carbons (Fsp3) is 0.889. The molecule has 0 aliphatic rings. The number of rotatable bonds is 9. The van der Waals surface area contributed by atoms with Crippen molar-refractivity contribution in [3.63, 3.8) is 0 Å². The Morgan fingerprint density at radius 1 is 1.15 bits per heavy atom. The van der Waals surface area contributed by atoms with Gasteiger partial charge in [-0.1, -0.05) is 13.3 Å². The lowest BCUT2D eigenvalue weighted by atomic mass is 10.4.